The summed E-state index contributed by atoms with van der Waals surface area (Å²) in [5.41, 5.74) is 0. The zero-order valence-electron chi connectivity index (χ0n) is 10.5. The molecule has 0 radical (unpaired) electrons. The largest absolute Gasteiger partial charge is 0.380 e. The molecule has 1 aromatic heterocycles. The van der Waals surface area contributed by atoms with Crippen LogP contribution in [0.5, 0.6) is 0 Å². The molecular formula is C12H23N3O. The number of imidazole rings is 1. The van der Waals surface area contributed by atoms with Gasteiger partial charge in [0.25, 0.3) is 0 Å². The minimum Gasteiger partial charge on any atom is -0.380 e. The molecule has 92 valence electrons. The number of hydrogen-bond acceptors (Lipinski definition) is 3. The normalized spacial score (nSPS) is 14.9. The first-order valence-corrected chi connectivity index (χ1v) is 5.99. The van der Waals surface area contributed by atoms with Crippen LogP contribution in [0.4, 0.5) is 0 Å². The van der Waals surface area contributed by atoms with E-state index in [1.165, 1.54) is 0 Å². The van der Waals surface area contributed by atoms with Gasteiger partial charge in [-0.25, -0.2) is 4.98 Å². The van der Waals surface area contributed by atoms with Crippen LogP contribution in [0.15, 0.2) is 18.7 Å². The number of nitrogens with one attached hydrogen (secondary N) is 1. The van der Waals surface area contributed by atoms with Crippen LogP contribution in [0.3, 0.4) is 0 Å². The van der Waals surface area contributed by atoms with Crippen molar-refractivity contribution in [2.45, 2.75) is 33.4 Å². The number of nitrogens with zero attached hydrogens (tertiary/aromatic N) is 2. The van der Waals surface area contributed by atoms with Gasteiger partial charge in [0, 0.05) is 31.6 Å². The molecule has 0 aliphatic rings. The Morgan fingerprint density at radius 2 is 2.25 bits per heavy atom. The first-order chi connectivity index (χ1) is 7.72. The zero-order valence-corrected chi connectivity index (χ0v) is 10.5. The summed E-state index contributed by atoms with van der Waals surface area (Å²) in [4.78, 5) is 4.03. The van der Waals surface area contributed by atoms with Crippen molar-refractivity contribution in [3.8, 4) is 0 Å². The highest BCUT2D eigenvalue weighted by atomic mass is 16.5. The molecule has 16 heavy (non-hydrogen) atoms. The number of aromatic nitrogens is 2. The molecule has 4 nitrogen and oxygen atoms in total. The summed E-state index contributed by atoms with van der Waals surface area (Å²) < 4.78 is 7.47. The van der Waals surface area contributed by atoms with E-state index in [9.17, 15) is 0 Å². The van der Waals surface area contributed by atoms with Crippen molar-refractivity contribution < 1.29 is 4.74 Å². The Balaban J connectivity index is 2.12. The van der Waals surface area contributed by atoms with Gasteiger partial charge in [-0.3, -0.25) is 0 Å². The van der Waals surface area contributed by atoms with E-state index in [0.29, 0.717) is 12.0 Å². The average Bonchev–Trinajstić information content (AvgIpc) is 2.76. The Morgan fingerprint density at radius 3 is 2.88 bits per heavy atom. The first-order valence-electron chi connectivity index (χ1n) is 5.99. The van der Waals surface area contributed by atoms with Gasteiger partial charge in [-0.2, -0.15) is 0 Å². The fraction of sp³-hybridized carbons (Fsp3) is 0.750. The summed E-state index contributed by atoms with van der Waals surface area (Å²) in [5.74, 6) is 0.596. The minimum atomic E-state index is 0.421. The van der Waals surface area contributed by atoms with Crippen LogP contribution in [-0.4, -0.2) is 35.4 Å². The lowest BCUT2D eigenvalue weighted by Crippen LogP contribution is -2.34. The maximum atomic E-state index is 5.36. The molecule has 0 aliphatic carbocycles. The third kappa shape index (κ3) is 5.28. The second-order valence-corrected chi connectivity index (χ2v) is 4.33. The standard InChI is InChI=1S/C12H23N3O/c1-4-16-9-12(3)14-7-11(2)8-15-6-5-13-10-15/h5-6,10-12,14H,4,7-9H2,1-3H3. The minimum absolute atomic E-state index is 0.421. The Morgan fingerprint density at radius 1 is 1.44 bits per heavy atom. The highest BCUT2D eigenvalue weighted by molar-refractivity contribution is 4.75. The SMILES string of the molecule is CCOCC(C)NCC(C)Cn1ccnc1. The van der Waals surface area contributed by atoms with Gasteiger partial charge in [-0.05, 0) is 26.3 Å². The monoisotopic (exact) mass is 225 g/mol. The van der Waals surface area contributed by atoms with E-state index in [-0.39, 0.29) is 0 Å². The summed E-state index contributed by atoms with van der Waals surface area (Å²) in [6.45, 7) is 10.0. The average molecular weight is 225 g/mol. The van der Waals surface area contributed by atoms with Crippen LogP contribution in [0.2, 0.25) is 0 Å². The van der Waals surface area contributed by atoms with Crippen molar-refractivity contribution in [2.24, 2.45) is 5.92 Å². The molecule has 0 fully saturated rings. The summed E-state index contributed by atoms with van der Waals surface area (Å²) in [6, 6.07) is 0.421. The molecule has 0 bridgehead atoms. The van der Waals surface area contributed by atoms with Crippen LogP contribution < -0.4 is 5.32 Å². The molecule has 1 N–H and O–H groups in total. The van der Waals surface area contributed by atoms with Crippen LogP contribution in [0.1, 0.15) is 20.8 Å². The Hall–Kier alpha value is -0.870. The lowest BCUT2D eigenvalue weighted by atomic mass is 10.1. The molecule has 0 saturated carbocycles. The summed E-state index contributed by atoms with van der Waals surface area (Å²) in [6.07, 6.45) is 5.68. The maximum absolute atomic E-state index is 5.36. The molecule has 1 aromatic rings. The van der Waals surface area contributed by atoms with Crippen LogP contribution >= 0.6 is 0 Å². The third-order valence-electron chi connectivity index (χ3n) is 2.47. The Kier molecular flexibility index (Phi) is 6.11. The van der Waals surface area contributed by atoms with E-state index in [1.54, 1.807) is 0 Å². The van der Waals surface area contributed by atoms with Gasteiger partial charge < -0.3 is 14.6 Å². The van der Waals surface area contributed by atoms with E-state index in [4.69, 9.17) is 4.74 Å². The van der Waals surface area contributed by atoms with Crippen molar-refractivity contribution in [1.29, 1.82) is 0 Å². The van der Waals surface area contributed by atoms with Gasteiger partial charge >= 0.3 is 0 Å². The highest BCUT2D eigenvalue weighted by Gasteiger charge is 2.06. The number of hydrogen-bond donors (Lipinski definition) is 1. The summed E-state index contributed by atoms with van der Waals surface area (Å²) in [7, 11) is 0. The molecule has 4 heteroatoms. The number of rotatable bonds is 8. The van der Waals surface area contributed by atoms with Crippen molar-refractivity contribution in [3.05, 3.63) is 18.7 Å². The molecule has 0 amide bonds. The maximum Gasteiger partial charge on any atom is 0.0946 e. The molecule has 1 heterocycles. The van der Waals surface area contributed by atoms with E-state index >= 15 is 0 Å². The van der Waals surface area contributed by atoms with E-state index < -0.39 is 0 Å². The smallest absolute Gasteiger partial charge is 0.0946 e. The summed E-state index contributed by atoms with van der Waals surface area (Å²) in [5, 5.41) is 3.47. The van der Waals surface area contributed by atoms with Crippen molar-refractivity contribution in [2.75, 3.05) is 19.8 Å². The van der Waals surface area contributed by atoms with Gasteiger partial charge in [0.05, 0.1) is 12.9 Å². The lowest BCUT2D eigenvalue weighted by molar-refractivity contribution is 0.126. The first kappa shape index (κ1) is 13.2. The quantitative estimate of drug-likeness (QED) is 0.729. The van der Waals surface area contributed by atoms with Crippen molar-refractivity contribution in [3.63, 3.8) is 0 Å². The molecule has 2 unspecified atom stereocenters. The van der Waals surface area contributed by atoms with E-state index in [1.807, 2.05) is 25.6 Å². The molecule has 0 aromatic carbocycles. The van der Waals surface area contributed by atoms with Gasteiger partial charge in [-0.15, -0.1) is 0 Å². The van der Waals surface area contributed by atoms with Crippen LogP contribution in [-0.2, 0) is 11.3 Å². The zero-order chi connectivity index (χ0) is 11.8. The molecular weight excluding hydrogens is 202 g/mol. The second kappa shape index (κ2) is 7.41. The van der Waals surface area contributed by atoms with E-state index in [0.717, 1.165) is 26.3 Å². The third-order valence-corrected chi connectivity index (χ3v) is 2.47. The van der Waals surface area contributed by atoms with Gasteiger partial charge in [0.2, 0.25) is 0 Å². The molecule has 0 aliphatic heterocycles. The van der Waals surface area contributed by atoms with E-state index in [2.05, 4.69) is 28.7 Å². The Labute approximate surface area is 98.0 Å². The summed E-state index contributed by atoms with van der Waals surface area (Å²) >= 11 is 0. The molecule has 1 rings (SSSR count). The lowest BCUT2D eigenvalue weighted by Gasteiger charge is -2.17. The van der Waals surface area contributed by atoms with Crippen molar-refractivity contribution in [1.82, 2.24) is 14.9 Å². The molecule has 0 spiro atoms. The molecule has 0 saturated heterocycles. The van der Waals surface area contributed by atoms with Crippen LogP contribution in [0, 0.1) is 5.92 Å². The Bertz CT molecular complexity index is 261. The van der Waals surface area contributed by atoms with Gasteiger partial charge in [0.15, 0.2) is 0 Å². The van der Waals surface area contributed by atoms with Gasteiger partial charge in [0.1, 0.15) is 0 Å². The highest BCUT2D eigenvalue weighted by Crippen LogP contribution is 1.99. The fourth-order valence-corrected chi connectivity index (χ4v) is 1.58. The predicted molar refractivity (Wildman–Crippen MR) is 65.3 cm³/mol. The second-order valence-electron chi connectivity index (χ2n) is 4.33. The number of ether oxygens (including phenoxy) is 1. The van der Waals surface area contributed by atoms with Crippen LogP contribution in [0.25, 0.3) is 0 Å². The van der Waals surface area contributed by atoms with Gasteiger partial charge in [-0.1, -0.05) is 6.92 Å². The predicted octanol–water partition coefficient (Wildman–Crippen LogP) is 1.53. The topological polar surface area (TPSA) is 39.1 Å². The van der Waals surface area contributed by atoms with Crippen molar-refractivity contribution >= 4 is 0 Å². The fourth-order valence-electron chi connectivity index (χ4n) is 1.58. The molecule has 2 atom stereocenters.